The Balaban J connectivity index is 1.69. The molecule has 0 spiro atoms. The third-order valence-electron chi connectivity index (χ3n) is 3.88. The molecule has 1 aliphatic heterocycles. The standard InChI is InChI=1S/C15H18OS2/c16-15(14-10-17-8-9-18-14)13-6-4-12(5-7-13)11-2-1-3-11/h4-7,11,14H,1-3,8-10H2. The van der Waals surface area contributed by atoms with Crippen LogP contribution < -0.4 is 0 Å². The zero-order valence-electron chi connectivity index (χ0n) is 10.4. The van der Waals surface area contributed by atoms with Crippen molar-refractivity contribution in [1.82, 2.24) is 0 Å². The molecule has 1 nitrogen and oxygen atoms in total. The van der Waals surface area contributed by atoms with Gasteiger partial charge in [0.1, 0.15) is 0 Å². The van der Waals surface area contributed by atoms with Crippen molar-refractivity contribution in [2.24, 2.45) is 0 Å². The highest BCUT2D eigenvalue weighted by molar-refractivity contribution is 8.07. The summed E-state index contributed by atoms with van der Waals surface area (Å²) in [5.74, 6) is 4.37. The molecule has 2 fully saturated rings. The lowest BCUT2D eigenvalue weighted by Gasteiger charge is -2.26. The Bertz CT molecular complexity index is 417. The van der Waals surface area contributed by atoms with Gasteiger partial charge in [0.15, 0.2) is 5.78 Å². The van der Waals surface area contributed by atoms with Gasteiger partial charge in [0.05, 0.1) is 5.25 Å². The average molecular weight is 278 g/mol. The van der Waals surface area contributed by atoms with E-state index in [1.54, 1.807) is 0 Å². The highest BCUT2D eigenvalue weighted by atomic mass is 32.2. The Labute approximate surface area is 117 Å². The van der Waals surface area contributed by atoms with Crippen molar-refractivity contribution in [3.8, 4) is 0 Å². The second-order valence-corrected chi connectivity index (χ2v) is 7.51. The normalized spacial score (nSPS) is 24.6. The Kier molecular flexibility index (Phi) is 4.00. The quantitative estimate of drug-likeness (QED) is 0.778. The summed E-state index contributed by atoms with van der Waals surface area (Å²) in [4.78, 5) is 12.3. The van der Waals surface area contributed by atoms with Crippen LogP contribution in [0.25, 0.3) is 0 Å². The minimum absolute atomic E-state index is 0.179. The van der Waals surface area contributed by atoms with E-state index in [1.165, 1.54) is 30.6 Å². The maximum absolute atomic E-state index is 12.3. The summed E-state index contributed by atoms with van der Waals surface area (Å²) in [6.07, 6.45) is 4.01. The molecule has 1 heterocycles. The summed E-state index contributed by atoms with van der Waals surface area (Å²) in [6, 6.07) is 8.40. The van der Waals surface area contributed by atoms with Gasteiger partial charge in [-0.15, -0.1) is 11.8 Å². The van der Waals surface area contributed by atoms with Crippen molar-refractivity contribution in [1.29, 1.82) is 0 Å². The van der Waals surface area contributed by atoms with Crippen LogP contribution in [0.2, 0.25) is 0 Å². The minimum atomic E-state index is 0.179. The van der Waals surface area contributed by atoms with Crippen LogP contribution in [0.3, 0.4) is 0 Å². The second-order valence-electron chi connectivity index (χ2n) is 5.05. The van der Waals surface area contributed by atoms with E-state index in [9.17, 15) is 4.79 Å². The Hall–Kier alpha value is -0.410. The van der Waals surface area contributed by atoms with E-state index < -0.39 is 0 Å². The Morgan fingerprint density at radius 3 is 2.44 bits per heavy atom. The number of carbonyl (C=O) groups excluding carboxylic acids is 1. The number of Topliss-reactive ketones (excluding diaryl/α,β-unsaturated/α-hetero) is 1. The number of carbonyl (C=O) groups is 1. The van der Waals surface area contributed by atoms with Gasteiger partial charge in [-0.3, -0.25) is 4.79 Å². The molecule has 1 aromatic carbocycles. The molecule has 1 saturated carbocycles. The number of rotatable bonds is 3. The first-order valence-electron chi connectivity index (χ1n) is 6.68. The molecular formula is C15H18OS2. The monoisotopic (exact) mass is 278 g/mol. The molecule has 0 aromatic heterocycles. The summed E-state index contributed by atoms with van der Waals surface area (Å²) in [6.45, 7) is 0. The molecule has 0 radical (unpaired) electrons. The molecule has 2 aliphatic rings. The smallest absolute Gasteiger partial charge is 0.176 e. The summed E-state index contributed by atoms with van der Waals surface area (Å²) in [7, 11) is 0. The summed E-state index contributed by atoms with van der Waals surface area (Å²) >= 11 is 3.73. The average Bonchev–Trinajstić information content (AvgIpc) is 2.38. The zero-order valence-corrected chi connectivity index (χ0v) is 12.1. The minimum Gasteiger partial charge on any atom is -0.293 e. The van der Waals surface area contributed by atoms with Crippen molar-refractivity contribution in [2.75, 3.05) is 17.3 Å². The third-order valence-corrected chi connectivity index (χ3v) is 6.63. The fourth-order valence-corrected chi connectivity index (χ4v) is 5.12. The molecule has 1 aromatic rings. The summed E-state index contributed by atoms with van der Waals surface area (Å²) in [5.41, 5.74) is 2.32. The maximum atomic E-state index is 12.3. The first kappa shape index (κ1) is 12.6. The Morgan fingerprint density at radius 1 is 1.11 bits per heavy atom. The van der Waals surface area contributed by atoms with Crippen molar-refractivity contribution in [3.05, 3.63) is 35.4 Å². The van der Waals surface area contributed by atoms with E-state index in [4.69, 9.17) is 0 Å². The van der Waals surface area contributed by atoms with E-state index in [-0.39, 0.29) is 5.25 Å². The van der Waals surface area contributed by atoms with Crippen LogP contribution in [0.4, 0.5) is 0 Å². The van der Waals surface area contributed by atoms with E-state index in [2.05, 4.69) is 12.1 Å². The van der Waals surface area contributed by atoms with Crippen LogP contribution in [-0.2, 0) is 0 Å². The van der Waals surface area contributed by atoms with Crippen molar-refractivity contribution >= 4 is 29.3 Å². The van der Waals surface area contributed by atoms with Gasteiger partial charge in [-0.2, -0.15) is 11.8 Å². The van der Waals surface area contributed by atoms with Crippen LogP contribution in [0.15, 0.2) is 24.3 Å². The first-order chi connectivity index (χ1) is 8.84. The van der Waals surface area contributed by atoms with Gasteiger partial charge in [-0.05, 0) is 24.3 Å². The SMILES string of the molecule is O=C(c1ccc(C2CCC2)cc1)C1CSCCS1. The van der Waals surface area contributed by atoms with Gasteiger partial charge in [0.2, 0.25) is 0 Å². The zero-order chi connectivity index (χ0) is 12.4. The third kappa shape index (κ3) is 2.62. The molecule has 0 bridgehead atoms. The van der Waals surface area contributed by atoms with Gasteiger partial charge in [-0.1, -0.05) is 30.7 Å². The molecule has 1 aliphatic carbocycles. The maximum Gasteiger partial charge on any atom is 0.176 e. The van der Waals surface area contributed by atoms with E-state index in [0.717, 1.165) is 23.0 Å². The second kappa shape index (κ2) is 5.70. The van der Waals surface area contributed by atoms with E-state index >= 15 is 0 Å². The van der Waals surface area contributed by atoms with Crippen LogP contribution in [0.5, 0.6) is 0 Å². The van der Waals surface area contributed by atoms with Gasteiger partial charge < -0.3 is 0 Å². The molecular weight excluding hydrogens is 260 g/mol. The van der Waals surface area contributed by atoms with Gasteiger partial charge >= 0.3 is 0 Å². The number of thioether (sulfide) groups is 2. The first-order valence-corrected chi connectivity index (χ1v) is 8.88. The van der Waals surface area contributed by atoms with E-state index in [0.29, 0.717) is 5.78 Å². The lowest BCUT2D eigenvalue weighted by molar-refractivity contribution is 0.0995. The number of hydrogen-bond acceptors (Lipinski definition) is 3. The van der Waals surface area contributed by atoms with Crippen LogP contribution in [-0.4, -0.2) is 28.3 Å². The number of benzene rings is 1. The predicted octanol–water partition coefficient (Wildman–Crippen LogP) is 3.99. The molecule has 18 heavy (non-hydrogen) atoms. The topological polar surface area (TPSA) is 17.1 Å². The largest absolute Gasteiger partial charge is 0.293 e. The van der Waals surface area contributed by atoms with E-state index in [1.807, 2.05) is 35.7 Å². The van der Waals surface area contributed by atoms with Crippen LogP contribution in [0.1, 0.15) is 41.1 Å². The molecule has 0 N–H and O–H groups in total. The molecule has 1 saturated heterocycles. The summed E-state index contributed by atoms with van der Waals surface area (Å²) in [5, 5.41) is 0.179. The van der Waals surface area contributed by atoms with Gasteiger partial charge in [-0.25, -0.2) is 0 Å². The fraction of sp³-hybridized carbons (Fsp3) is 0.533. The molecule has 1 atom stereocenters. The van der Waals surface area contributed by atoms with Gasteiger partial charge in [0, 0.05) is 22.8 Å². The molecule has 0 amide bonds. The molecule has 1 unspecified atom stereocenters. The molecule has 3 rings (SSSR count). The highest BCUT2D eigenvalue weighted by Gasteiger charge is 2.24. The van der Waals surface area contributed by atoms with Crippen molar-refractivity contribution in [2.45, 2.75) is 30.4 Å². The van der Waals surface area contributed by atoms with Crippen molar-refractivity contribution < 1.29 is 4.79 Å². The van der Waals surface area contributed by atoms with Gasteiger partial charge in [0.25, 0.3) is 0 Å². The van der Waals surface area contributed by atoms with Crippen molar-refractivity contribution in [3.63, 3.8) is 0 Å². The Morgan fingerprint density at radius 2 is 1.89 bits per heavy atom. The lowest BCUT2D eigenvalue weighted by atomic mass is 9.80. The highest BCUT2D eigenvalue weighted by Crippen LogP contribution is 2.36. The lowest BCUT2D eigenvalue weighted by Crippen LogP contribution is -2.24. The fourth-order valence-electron chi connectivity index (χ4n) is 2.49. The van der Waals surface area contributed by atoms with Crippen LogP contribution in [0, 0.1) is 0 Å². The number of ketones is 1. The summed E-state index contributed by atoms with van der Waals surface area (Å²) < 4.78 is 0. The molecule has 3 heteroatoms. The molecule has 96 valence electrons. The van der Waals surface area contributed by atoms with Crippen LogP contribution >= 0.6 is 23.5 Å². The predicted molar refractivity (Wildman–Crippen MR) is 80.9 cm³/mol. The number of hydrogen-bond donors (Lipinski definition) is 0.